The van der Waals surface area contributed by atoms with Crippen molar-refractivity contribution in [1.82, 2.24) is 4.98 Å². The maximum Gasteiger partial charge on any atom is 0.290 e. The second-order valence-corrected chi connectivity index (χ2v) is 2.22. The van der Waals surface area contributed by atoms with Gasteiger partial charge in [-0.05, 0) is 12.1 Å². The number of anilines is 1. The van der Waals surface area contributed by atoms with E-state index in [2.05, 4.69) is 4.98 Å². The fraction of sp³-hybridized carbons (Fsp3) is 0.125. The van der Waals surface area contributed by atoms with E-state index in [0.29, 0.717) is 5.69 Å². The van der Waals surface area contributed by atoms with Crippen molar-refractivity contribution in [3.8, 4) is 0 Å². The summed E-state index contributed by atoms with van der Waals surface area (Å²) in [7, 11) is 1.53. The Hall–Kier alpha value is -1.71. The monoisotopic (exact) mass is 164 g/mol. The predicted molar refractivity (Wildman–Crippen MR) is 43.7 cm³/mol. The molecule has 0 aromatic carbocycles. The Balaban J connectivity index is 2.85. The van der Waals surface area contributed by atoms with Crippen LogP contribution in [0.15, 0.2) is 24.5 Å². The number of hydrogen-bond donors (Lipinski definition) is 0. The quantitative estimate of drug-likeness (QED) is 0.465. The Morgan fingerprint density at radius 3 is 2.58 bits per heavy atom. The molecule has 1 aromatic heterocycles. The number of pyridine rings is 1. The Labute approximate surface area is 69.8 Å². The first-order valence-corrected chi connectivity index (χ1v) is 3.38. The third-order valence-electron chi connectivity index (χ3n) is 1.48. The summed E-state index contributed by atoms with van der Waals surface area (Å²) in [4.78, 5) is 26.0. The van der Waals surface area contributed by atoms with Crippen molar-refractivity contribution in [3.05, 3.63) is 24.5 Å². The number of amides is 1. The highest BCUT2D eigenvalue weighted by atomic mass is 16.2. The zero-order valence-electron chi connectivity index (χ0n) is 6.60. The molecular weight excluding hydrogens is 156 g/mol. The largest absolute Gasteiger partial charge is 0.309 e. The molecule has 0 aliphatic rings. The minimum absolute atomic E-state index is 0.278. The zero-order chi connectivity index (χ0) is 8.97. The fourth-order valence-corrected chi connectivity index (χ4v) is 0.774. The number of nitrogens with zero attached hydrogens (tertiary/aromatic N) is 2. The lowest BCUT2D eigenvalue weighted by molar-refractivity contribution is -0.129. The van der Waals surface area contributed by atoms with Crippen LogP contribution in [0.25, 0.3) is 0 Å². The summed E-state index contributed by atoms with van der Waals surface area (Å²) in [5.41, 5.74) is 0.655. The van der Waals surface area contributed by atoms with Gasteiger partial charge in [-0.1, -0.05) is 0 Å². The van der Waals surface area contributed by atoms with E-state index in [1.54, 1.807) is 24.5 Å². The number of hydrogen-bond acceptors (Lipinski definition) is 3. The molecule has 4 nitrogen and oxygen atoms in total. The van der Waals surface area contributed by atoms with Crippen LogP contribution in [0.5, 0.6) is 0 Å². The molecule has 1 rings (SSSR count). The van der Waals surface area contributed by atoms with E-state index in [4.69, 9.17) is 0 Å². The van der Waals surface area contributed by atoms with E-state index in [1.165, 1.54) is 11.9 Å². The van der Waals surface area contributed by atoms with E-state index < -0.39 is 5.91 Å². The van der Waals surface area contributed by atoms with Crippen LogP contribution in [-0.2, 0) is 9.59 Å². The molecule has 0 radical (unpaired) electrons. The molecule has 1 amide bonds. The summed E-state index contributed by atoms with van der Waals surface area (Å²) in [6.45, 7) is 0. The van der Waals surface area contributed by atoms with Gasteiger partial charge in [0.05, 0.1) is 0 Å². The van der Waals surface area contributed by atoms with Crippen molar-refractivity contribution in [2.75, 3.05) is 11.9 Å². The van der Waals surface area contributed by atoms with Crippen molar-refractivity contribution in [3.63, 3.8) is 0 Å². The van der Waals surface area contributed by atoms with Crippen LogP contribution >= 0.6 is 0 Å². The summed E-state index contributed by atoms with van der Waals surface area (Å²) >= 11 is 0. The van der Waals surface area contributed by atoms with Gasteiger partial charge in [0, 0.05) is 25.1 Å². The number of rotatable bonds is 2. The van der Waals surface area contributed by atoms with Gasteiger partial charge in [0.25, 0.3) is 5.91 Å². The van der Waals surface area contributed by atoms with E-state index in [9.17, 15) is 9.59 Å². The standard InChI is InChI=1S/C8H8N2O2/c1-10(8(12)6-11)7-2-4-9-5-3-7/h2-6H,1H3. The Bertz CT molecular complexity index is 284. The van der Waals surface area contributed by atoms with Gasteiger partial charge in [0.15, 0.2) is 0 Å². The van der Waals surface area contributed by atoms with Gasteiger partial charge >= 0.3 is 0 Å². The molecule has 0 bridgehead atoms. The molecule has 0 N–H and O–H groups in total. The summed E-state index contributed by atoms with van der Waals surface area (Å²) in [6.07, 6.45) is 3.40. The van der Waals surface area contributed by atoms with Gasteiger partial charge in [-0.15, -0.1) is 0 Å². The van der Waals surface area contributed by atoms with Gasteiger partial charge in [0.2, 0.25) is 6.29 Å². The molecule has 0 aliphatic carbocycles. The van der Waals surface area contributed by atoms with Crippen LogP contribution in [-0.4, -0.2) is 24.2 Å². The van der Waals surface area contributed by atoms with Gasteiger partial charge in [0.1, 0.15) is 0 Å². The Kier molecular flexibility index (Phi) is 2.53. The number of carbonyl (C=O) groups is 2. The van der Waals surface area contributed by atoms with Gasteiger partial charge in [-0.25, -0.2) is 0 Å². The highest BCUT2D eigenvalue weighted by molar-refractivity contribution is 6.30. The van der Waals surface area contributed by atoms with E-state index >= 15 is 0 Å². The summed E-state index contributed by atoms with van der Waals surface area (Å²) < 4.78 is 0. The average Bonchev–Trinajstić information content (AvgIpc) is 2.17. The SMILES string of the molecule is CN(C(=O)C=O)c1ccncc1. The topological polar surface area (TPSA) is 50.3 Å². The van der Waals surface area contributed by atoms with E-state index in [-0.39, 0.29) is 6.29 Å². The first-order valence-electron chi connectivity index (χ1n) is 3.38. The van der Waals surface area contributed by atoms with Crippen LogP contribution in [0.2, 0.25) is 0 Å². The predicted octanol–water partition coefficient (Wildman–Crippen LogP) is 0.243. The molecule has 0 spiro atoms. The van der Waals surface area contributed by atoms with E-state index in [1.807, 2.05) is 0 Å². The molecule has 62 valence electrons. The molecule has 0 unspecified atom stereocenters. The van der Waals surface area contributed by atoms with E-state index in [0.717, 1.165) is 0 Å². The third-order valence-corrected chi connectivity index (χ3v) is 1.48. The molecule has 1 aromatic rings. The van der Waals surface area contributed by atoms with Gasteiger partial charge < -0.3 is 4.90 Å². The van der Waals surface area contributed by atoms with Gasteiger partial charge in [-0.2, -0.15) is 0 Å². The van der Waals surface area contributed by atoms with Crippen LogP contribution in [0.3, 0.4) is 0 Å². The second kappa shape index (κ2) is 3.61. The first-order chi connectivity index (χ1) is 5.75. The molecule has 1 heterocycles. The van der Waals surface area contributed by atoms with Crippen molar-refractivity contribution in [2.24, 2.45) is 0 Å². The number of aromatic nitrogens is 1. The Morgan fingerprint density at radius 2 is 2.08 bits per heavy atom. The Morgan fingerprint density at radius 1 is 1.50 bits per heavy atom. The number of aldehydes is 1. The second-order valence-electron chi connectivity index (χ2n) is 2.22. The average molecular weight is 164 g/mol. The van der Waals surface area contributed by atoms with Crippen LogP contribution in [0, 0.1) is 0 Å². The lowest BCUT2D eigenvalue weighted by Crippen LogP contribution is -2.26. The van der Waals surface area contributed by atoms with Crippen molar-refractivity contribution < 1.29 is 9.59 Å². The summed E-state index contributed by atoms with van der Waals surface area (Å²) in [5, 5.41) is 0. The molecule has 0 saturated heterocycles. The highest BCUT2D eigenvalue weighted by Crippen LogP contribution is 2.08. The first kappa shape index (κ1) is 8.39. The molecular formula is C8H8N2O2. The molecule has 12 heavy (non-hydrogen) atoms. The zero-order valence-corrected chi connectivity index (χ0v) is 6.60. The lowest BCUT2D eigenvalue weighted by atomic mass is 10.3. The van der Waals surface area contributed by atoms with Crippen LogP contribution in [0.4, 0.5) is 5.69 Å². The fourth-order valence-electron chi connectivity index (χ4n) is 0.774. The van der Waals surface area contributed by atoms with Crippen molar-refractivity contribution in [2.45, 2.75) is 0 Å². The van der Waals surface area contributed by atoms with Crippen LogP contribution < -0.4 is 4.90 Å². The minimum atomic E-state index is -0.568. The maximum absolute atomic E-state index is 10.8. The van der Waals surface area contributed by atoms with Crippen molar-refractivity contribution >= 4 is 17.9 Å². The number of carbonyl (C=O) groups excluding carboxylic acids is 2. The van der Waals surface area contributed by atoms with Gasteiger partial charge in [-0.3, -0.25) is 14.6 Å². The highest BCUT2D eigenvalue weighted by Gasteiger charge is 2.07. The molecule has 0 atom stereocenters. The molecule has 0 saturated carbocycles. The molecule has 0 fully saturated rings. The lowest BCUT2D eigenvalue weighted by Gasteiger charge is -2.12. The maximum atomic E-state index is 10.8. The smallest absolute Gasteiger partial charge is 0.290 e. The normalized spacial score (nSPS) is 9.08. The summed E-state index contributed by atoms with van der Waals surface area (Å²) in [6, 6.07) is 3.31. The van der Waals surface area contributed by atoms with Crippen LogP contribution in [0.1, 0.15) is 0 Å². The molecule has 4 heteroatoms. The minimum Gasteiger partial charge on any atom is -0.309 e. The molecule has 0 aliphatic heterocycles. The number of likely N-dealkylation sites (N-methyl/N-ethyl adjacent to an activating group) is 1. The van der Waals surface area contributed by atoms with Crippen molar-refractivity contribution in [1.29, 1.82) is 0 Å². The third kappa shape index (κ3) is 1.66. The summed E-state index contributed by atoms with van der Waals surface area (Å²) in [5.74, 6) is -0.568.